The van der Waals surface area contributed by atoms with Gasteiger partial charge in [0.05, 0.1) is 15.6 Å². The van der Waals surface area contributed by atoms with Crippen molar-refractivity contribution in [2.75, 3.05) is 10.5 Å². The third-order valence-electron chi connectivity index (χ3n) is 2.44. The lowest BCUT2D eigenvalue weighted by atomic mass is 10.3. The van der Waals surface area contributed by atoms with Gasteiger partial charge in [-0.25, -0.2) is 8.42 Å². The van der Waals surface area contributed by atoms with E-state index in [-0.39, 0.29) is 4.90 Å². The minimum atomic E-state index is -3.70. The fraction of sp³-hybridized carbons (Fsp3) is 0. The summed E-state index contributed by atoms with van der Waals surface area (Å²) in [7, 11) is -3.70. The molecule has 0 spiro atoms. The number of nitrogens with one attached hydrogen (secondary N) is 1. The van der Waals surface area contributed by atoms with Crippen molar-refractivity contribution in [2.24, 2.45) is 0 Å². The number of nitrogen functional groups attached to an aromatic ring is 1. The molecule has 0 atom stereocenters. The first kappa shape index (κ1) is 15.6. The Kier molecular flexibility index (Phi) is 4.63. The first-order valence-corrected chi connectivity index (χ1v) is 8.77. The van der Waals surface area contributed by atoms with Gasteiger partial charge in [-0.1, -0.05) is 11.6 Å². The number of halogens is 3. The molecule has 3 N–H and O–H groups in total. The average molecular weight is 441 g/mol. The molecule has 20 heavy (non-hydrogen) atoms. The smallest absolute Gasteiger partial charge is 0.261 e. The summed E-state index contributed by atoms with van der Waals surface area (Å²) in [6.45, 7) is 0. The quantitative estimate of drug-likeness (QED) is 0.701. The van der Waals surface area contributed by atoms with Crippen LogP contribution in [-0.2, 0) is 10.0 Å². The number of nitrogens with two attached hydrogens (primary N) is 1. The van der Waals surface area contributed by atoms with Gasteiger partial charge in [-0.05, 0) is 68.3 Å². The summed E-state index contributed by atoms with van der Waals surface area (Å²) in [4.78, 5) is 0.109. The topological polar surface area (TPSA) is 72.2 Å². The van der Waals surface area contributed by atoms with E-state index in [1.54, 1.807) is 18.2 Å². The molecular formula is C12H9Br2ClN2O2S. The molecule has 0 radical (unpaired) electrons. The first-order valence-electron chi connectivity index (χ1n) is 5.32. The third kappa shape index (κ3) is 3.46. The van der Waals surface area contributed by atoms with Gasteiger partial charge in [-0.3, -0.25) is 4.72 Å². The highest BCUT2D eigenvalue weighted by atomic mass is 79.9. The summed E-state index contributed by atoms with van der Waals surface area (Å²) in [6, 6.07) is 9.20. The van der Waals surface area contributed by atoms with Crippen LogP contribution in [0.15, 0.2) is 50.2 Å². The van der Waals surface area contributed by atoms with Crippen LogP contribution in [0.5, 0.6) is 0 Å². The molecule has 0 amide bonds. The van der Waals surface area contributed by atoms with E-state index in [9.17, 15) is 8.42 Å². The maximum atomic E-state index is 12.3. The Morgan fingerprint density at radius 2 is 1.75 bits per heavy atom. The average Bonchev–Trinajstić information content (AvgIpc) is 2.36. The molecule has 0 fully saturated rings. The molecule has 106 valence electrons. The summed E-state index contributed by atoms with van der Waals surface area (Å²) < 4.78 is 28.1. The van der Waals surface area contributed by atoms with Crippen LogP contribution in [0.2, 0.25) is 5.02 Å². The molecule has 2 rings (SSSR count). The van der Waals surface area contributed by atoms with Gasteiger partial charge in [-0.2, -0.15) is 0 Å². The normalized spacial score (nSPS) is 11.3. The second-order valence-electron chi connectivity index (χ2n) is 3.92. The van der Waals surface area contributed by atoms with Gasteiger partial charge in [0, 0.05) is 14.6 Å². The molecule has 4 nitrogen and oxygen atoms in total. The predicted molar refractivity (Wildman–Crippen MR) is 88.5 cm³/mol. The van der Waals surface area contributed by atoms with Crippen molar-refractivity contribution in [3.8, 4) is 0 Å². The van der Waals surface area contributed by atoms with Crippen molar-refractivity contribution >= 4 is 64.9 Å². The lowest BCUT2D eigenvalue weighted by molar-refractivity contribution is 0.601. The largest absolute Gasteiger partial charge is 0.399 e. The Labute approximate surface area is 138 Å². The molecule has 0 saturated heterocycles. The van der Waals surface area contributed by atoms with E-state index in [1.165, 1.54) is 18.2 Å². The maximum Gasteiger partial charge on any atom is 0.261 e. The molecule has 8 heteroatoms. The fourth-order valence-corrected chi connectivity index (χ4v) is 3.84. The molecule has 0 aromatic heterocycles. The van der Waals surface area contributed by atoms with Crippen LogP contribution >= 0.6 is 43.5 Å². The van der Waals surface area contributed by atoms with Gasteiger partial charge in [0.25, 0.3) is 10.0 Å². The van der Waals surface area contributed by atoms with Crippen molar-refractivity contribution < 1.29 is 8.42 Å². The number of hydrogen-bond acceptors (Lipinski definition) is 3. The van der Waals surface area contributed by atoms with Crippen LogP contribution in [-0.4, -0.2) is 8.42 Å². The van der Waals surface area contributed by atoms with E-state index in [0.717, 1.165) is 0 Å². The standard InChI is InChI=1S/C12H9Br2ClN2O2S/c13-9-6-8(2-3-11(9)15)20(18,19)17-12-4-1-7(16)5-10(12)14/h1-6,17H,16H2. The van der Waals surface area contributed by atoms with Crippen molar-refractivity contribution in [3.63, 3.8) is 0 Å². The van der Waals surface area contributed by atoms with Crippen LogP contribution in [0.4, 0.5) is 11.4 Å². The van der Waals surface area contributed by atoms with Crippen LogP contribution in [0.25, 0.3) is 0 Å². The molecule has 2 aromatic carbocycles. The molecule has 0 aliphatic heterocycles. The van der Waals surface area contributed by atoms with Crippen molar-refractivity contribution in [1.29, 1.82) is 0 Å². The number of rotatable bonds is 3. The van der Waals surface area contributed by atoms with Gasteiger partial charge in [-0.15, -0.1) is 0 Å². The summed E-state index contributed by atoms with van der Waals surface area (Å²) in [6.07, 6.45) is 0. The highest BCUT2D eigenvalue weighted by molar-refractivity contribution is 9.11. The molecular weight excluding hydrogens is 431 g/mol. The zero-order valence-electron chi connectivity index (χ0n) is 9.90. The van der Waals surface area contributed by atoms with Crippen LogP contribution in [0, 0.1) is 0 Å². The van der Waals surface area contributed by atoms with E-state index in [1.807, 2.05) is 0 Å². The second kappa shape index (κ2) is 5.93. The Morgan fingerprint density at radius 1 is 1.05 bits per heavy atom. The summed E-state index contributed by atoms with van der Waals surface area (Å²) in [5.74, 6) is 0. The Hall–Kier alpha value is -0.760. The van der Waals surface area contributed by atoms with E-state index < -0.39 is 10.0 Å². The van der Waals surface area contributed by atoms with Crippen molar-refractivity contribution in [3.05, 3.63) is 50.4 Å². The molecule has 0 saturated carbocycles. The Bertz CT molecular complexity index is 766. The minimum Gasteiger partial charge on any atom is -0.399 e. The zero-order chi connectivity index (χ0) is 14.9. The summed E-state index contributed by atoms with van der Waals surface area (Å²) in [5.41, 5.74) is 6.55. The van der Waals surface area contributed by atoms with E-state index >= 15 is 0 Å². The SMILES string of the molecule is Nc1ccc(NS(=O)(=O)c2ccc(Cl)c(Br)c2)c(Br)c1. The zero-order valence-corrected chi connectivity index (χ0v) is 14.6. The monoisotopic (exact) mass is 438 g/mol. The number of hydrogen-bond donors (Lipinski definition) is 2. The van der Waals surface area contributed by atoms with Crippen molar-refractivity contribution in [2.45, 2.75) is 4.90 Å². The third-order valence-corrected chi connectivity index (χ3v) is 5.67. The molecule has 0 aliphatic carbocycles. The van der Waals surface area contributed by atoms with Gasteiger partial charge in [0.15, 0.2) is 0 Å². The lowest BCUT2D eigenvalue weighted by Crippen LogP contribution is -2.13. The Morgan fingerprint density at radius 3 is 2.35 bits per heavy atom. The van der Waals surface area contributed by atoms with Gasteiger partial charge < -0.3 is 5.73 Å². The Balaban J connectivity index is 2.38. The van der Waals surface area contributed by atoms with Gasteiger partial charge >= 0.3 is 0 Å². The number of anilines is 2. The van der Waals surface area contributed by atoms with Gasteiger partial charge in [0.2, 0.25) is 0 Å². The molecule has 0 heterocycles. The fourth-order valence-electron chi connectivity index (χ4n) is 1.46. The van der Waals surface area contributed by atoms with Crippen LogP contribution in [0.3, 0.4) is 0 Å². The van der Waals surface area contributed by atoms with E-state index in [4.69, 9.17) is 17.3 Å². The predicted octanol–water partition coefficient (Wildman–Crippen LogP) is 4.25. The van der Waals surface area contributed by atoms with Crippen LogP contribution < -0.4 is 10.5 Å². The lowest BCUT2D eigenvalue weighted by Gasteiger charge is -2.11. The molecule has 0 bridgehead atoms. The molecule has 0 aliphatic rings. The van der Waals surface area contributed by atoms with E-state index in [2.05, 4.69) is 36.6 Å². The van der Waals surface area contributed by atoms with Gasteiger partial charge in [0.1, 0.15) is 0 Å². The first-order chi connectivity index (χ1) is 9.29. The highest BCUT2D eigenvalue weighted by Gasteiger charge is 2.16. The highest BCUT2D eigenvalue weighted by Crippen LogP contribution is 2.29. The molecule has 2 aromatic rings. The maximum absolute atomic E-state index is 12.3. The number of benzene rings is 2. The molecule has 0 unspecified atom stereocenters. The second-order valence-corrected chi connectivity index (χ2v) is 7.72. The summed E-state index contributed by atoms with van der Waals surface area (Å²) in [5, 5.41) is 0.442. The minimum absolute atomic E-state index is 0.109. The van der Waals surface area contributed by atoms with Crippen LogP contribution in [0.1, 0.15) is 0 Å². The summed E-state index contributed by atoms with van der Waals surface area (Å²) >= 11 is 12.3. The van der Waals surface area contributed by atoms with E-state index in [0.29, 0.717) is 25.3 Å². The number of sulfonamides is 1. The van der Waals surface area contributed by atoms with Crippen molar-refractivity contribution in [1.82, 2.24) is 0 Å².